The van der Waals surface area contributed by atoms with Gasteiger partial charge in [0.05, 0.1) is 5.92 Å². The van der Waals surface area contributed by atoms with Crippen LogP contribution in [-0.4, -0.2) is 41.8 Å². The number of benzene rings is 1. The second-order valence-corrected chi connectivity index (χ2v) is 7.06. The number of nitrogens with one attached hydrogen (secondary N) is 2. The van der Waals surface area contributed by atoms with E-state index >= 15 is 0 Å². The van der Waals surface area contributed by atoms with Crippen molar-refractivity contribution in [1.29, 1.82) is 5.41 Å². The van der Waals surface area contributed by atoms with Gasteiger partial charge in [0.25, 0.3) is 5.91 Å². The van der Waals surface area contributed by atoms with Crippen molar-refractivity contribution in [3.63, 3.8) is 0 Å². The predicted molar refractivity (Wildman–Crippen MR) is 106 cm³/mol. The maximum absolute atomic E-state index is 12.8. The lowest BCUT2D eigenvalue weighted by Gasteiger charge is -2.27. The molecule has 1 aliphatic carbocycles. The Kier molecular flexibility index (Phi) is 5.94. The zero-order valence-corrected chi connectivity index (χ0v) is 16.1. The highest BCUT2D eigenvalue weighted by molar-refractivity contribution is 5.95. The number of ether oxygens (including phenoxy) is 1. The van der Waals surface area contributed by atoms with Crippen LogP contribution in [0.15, 0.2) is 48.2 Å². The summed E-state index contributed by atoms with van der Waals surface area (Å²) >= 11 is 0. The van der Waals surface area contributed by atoms with Crippen LogP contribution in [0.1, 0.15) is 25.0 Å². The summed E-state index contributed by atoms with van der Waals surface area (Å²) in [6.07, 6.45) is 4.94. The first-order valence-corrected chi connectivity index (χ1v) is 9.42. The molecule has 0 aromatic heterocycles. The second-order valence-electron chi connectivity index (χ2n) is 7.06. The van der Waals surface area contributed by atoms with E-state index in [-0.39, 0.29) is 29.4 Å². The largest absolute Gasteiger partial charge is 0.384 e. The van der Waals surface area contributed by atoms with Crippen LogP contribution in [0.2, 0.25) is 0 Å². The van der Waals surface area contributed by atoms with Crippen LogP contribution in [0, 0.1) is 17.2 Å². The number of nitrogen functional groups attached to an aromatic ring is 1. The van der Waals surface area contributed by atoms with Gasteiger partial charge in [-0.2, -0.15) is 0 Å². The lowest BCUT2D eigenvalue weighted by molar-refractivity contribution is -0.143. The molecule has 1 heterocycles. The van der Waals surface area contributed by atoms with E-state index in [2.05, 4.69) is 5.32 Å². The predicted octanol–water partition coefficient (Wildman–Crippen LogP) is 1.54. The van der Waals surface area contributed by atoms with E-state index in [1.54, 1.807) is 17.0 Å². The summed E-state index contributed by atoms with van der Waals surface area (Å²) in [5.41, 5.74) is 7.92. The Hall–Kier alpha value is -2.93. The molecule has 0 radical (unpaired) electrons. The quantitative estimate of drug-likeness (QED) is 0.490. The number of rotatable bonds is 7. The standard InChI is InChI=1S/C21H26N4O3/c1-3-28-21(25-11-16-7-4-13(2)18(26)17(16)12-25)20(27)24-10-14-5-8-15(9-6-14)19(22)23/h4-9,11,13,17,21H,3,10,12H2,1-2H3,(H3,22,23)(H,24,27). The van der Waals surface area contributed by atoms with E-state index in [1.807, 2.05) is 44.3 Å². The Morgan fingerprint density at radius 1 is 1.39 bits per heavy atom. The maximum Gasteiger partial charge on any atom is 0.270 e. The SMILES string of the molecule is CCOC(C(=O)NCc1ccc(C(=N)N)cc1)N1C=C2C=CC(C)C(=O)C2C1. The minimum atomic E-state index is -0.781. The van der Waals surface area contributed by atoms with E-state index < -0.39 is 6.23 Å². The number of carbonyl (C=O) groups is 2. The molecule has 0 spiro atoms. The van der Waals surface area contributed by atoms with Gasteiger partial charge in [0, 0.05) is 37.4 Å². The van der Waals surface area contributed by atoms with Crippen molar-refractivity contribution in [2.45, 2.75) is 26.6 Å². The lowest BCUT2D eigenvalue weighted by atomic mass is 9.84. The number of ketones is 1. The molecule has 7 nitrogen and oxygen atoms in total. The number of allylic oxidation sites excluding steroid dienone is 2. The van der Waals surface area contributed by atoms with E-state index in [0.29, 0.717) is 25.3 Å². The Bertz CT molecular complexity index is 829. The average molecular weight is 382 g/mol. The van der Waals surface area contributed by atoms with E-state index in [4.69, 9.17) is 15.9 Å². The van der Waals surface area contributed by atoms with Gasteiger partial charge >= 0.3 is 0 Å². The third-order valence-electron chi connectivity index (χ3n) is 5.06. The average Bonchev–Trinajstić information content (AvgIpc) is 3.12. The van der Waals surface area contributed by atoms with Gasteiger partial charge in [-0.1, -0.05) is 43.3 Å². The third-order valence-corrected chi connectivity index (χ3v) is 5.06. The summed E-state index contributed by atoms with van der Waals surface area (Å²) in [4.78, 5) is 27.0. The van der Waals surface area contributed by atoms with Crippen LogP contribution >= 0.6 is 0 Å². The third kappa shape index (κ3) is 4.14. The Morgan fingerprint density at radius 2 is 2.11 bits per heavy atom. The van der Waals surface area contributed by atoms with E-state index in [1.165, 1.54) is 0 Å². The fourth-order valence-corrected chi connectivity index (χ4v) is 3.45. The maximum atomic E-state index is 12.8. The molecule has 3 atom stereocenters. The number of fused-ring (bicyclic) bond motifs is 1. The van der Waals surface area contributed by atoms with Gasteiger partial charge in [-0.05, 0) is 18.1 Å². The monoisotopic (exact) mass is 382 g/mol. The molecule has 0 saturated heterocycles. The van der Waals surface area contributed by atoms with Gasteiger partial charge in [-0.3, -0.25) is 15.0 Å². The number of nitrogens with two attached hydrogens (primary N) is 1. The Morgan fingerprint density at radius 3 is 2.75 bits per heavy atom. The molecular weight excluding hydrogens is 356 g/mol. The van der Waals surface area contributed by atoms with Gasteiger partial charge in [-0.15, -0.1) is 0 Å². The van der Waals surface area contributed by atoms with Crippen molar-refractivity contribution in [2.75, 3.05) is 13.2 Å². The van der Waals surface area contributed by atoms with Crippen LogP contribution in [0.3, 0.4) is 0 Å². The number of Topliss-reactive ketones (excluding diaryl/α,β-unsaturated/α-hetero) is 1. The molecule has 3 rings (SSSR count). The van der Waals surface area contributed by atoms with Crippen LogP contribution in [0.5, 0.6) is 0 Å². The molecule has 1 amide bonds. The van der Waals surface area contributed by atoms with Crippen molar-refractivity contribution in [3.8, 4) is 0 Å². The number of hydrogen-bond acceptors (Lipinski definition) is 5. The molecule has 28 heavy (non-hydrogen) atoms. The van der Waals surface area contributed by atoms with Crippen LogP contribution < -0.4 is 11.1 Å². The second kappa shape index (κ2) is 8.39. The van der Waals surface area contributed by atoms with Crippen molar-refractivity contribution in [1.82, 2.24) is 10.2 Å². The molecule has 7 heteroatoms. The van der Waals surface area contributed by atoms with E-state index in [0.717, 1.165) is 11.1 Å². The summed E-state index contributed by atoms with van der Waals surface area (Å²) in [7, 11) is 0. The van der Waals surface area contributed by atoms with Gasteiger partial charge < -0.3 is 20.7 Å². The summed E-state index contributed by atoms with van der Waals surface area (Å²) in [5.74, 6) is -0.363. The highest BCUT2D eigenvalue weighted by Crippen LogP contribution is 2.32. The van der Waals surface area contributed by atoms with Crippen LogP contribution in [0.4, 0.5) is 0 Å². The highest BCUT2D eigenvalue weighted by atomic mass is 16.5. The van der Waals surface area contributed by atoms with Crippen molar-refractivity contribution < 1.29 is 14.3 Å². The van der Waals surface area contributed by atoms with Gasteiger partial charge in [0.1, 0.15) is 11.6 Å². The summed E-state index contributed by atoms with van der Waals surface area (Å²) in [6, 6.07) is 7.14. The zero-order valence-electron chi connectivity index (χ0n) is 16.1. The van der Waals surface area contributed by atoms with Gasteiger partial charge in [0.2, 0.25) is 6.23 Å². The number of amidine groups is 1. The Labute approximate surface area is 164 Å². The summed E-state index contributed by atoms with van der Waals surface area (Å²) < 4.78 is 5.68. The first-order chi connectivity index (χ1) is 13.4. The first-order valence-electron chi connectivity index (χ1n) is 9.42. The Balaban J connectivity index is 1.65. The number of carbonyl (C=O) groups excluding carboxylic acids is 2. The van der Waals surface area contributed by atoms with Crippen molar-refractivity contribution >= 4 is 17.5 Å². The molecule has 2 aliphatic rings. The van der Waals surface area contributed by atoms with Gasteiger partial charge in [0.15, 0.2) is 0 Å². The minimum Gasteiger partial charge on any atom is -0.384 e. The fraction of sp³-hybridized carbons (Fsp3) is 0.381. The van der Waals surface area contributed by atoms with E-state index in [9.17, 15) is 9.59 Å². The molecule has 0 fully saturated rings. The molecule has 1 aliphatic heterocycles. The van der Waals surface area contributed by atoms with Crippen molar-refractivity contribution in [2.24, 2.45) is 17.6 Å². The minimum absolute atomic E-state index is 0.00782. The molecule has 4 N–H and O–H groups in total. The summed E-state index contributed by atoms with van der Waals surface area (Å²) in [5, 5.41) is 10.3. The van der Waals surface area contributed by atoms with Crippen LogP contribution in [-0.2, 0) is 20.9 Å². The number of hydrogen-bond donors (Lipinski definition) is 3. The molecule has 1 aromatic rings. The number of nitrogens with zero attached hydrogens (tertiary/aromatic N) is 1. The molecule has 0 bridgehead atoms. The zero-order chi connectivity index (χ0) is 20.3. The summed E-state index contributed by atoms with van der Waals surface area (Å²) in [6.45, 7) is 4.90. The molecule has 1 aromatic carbocycles. The molecular formula is C21H26N4O3. The van der Waals surface area contributed by atoms with Crippen LogP contribution in [0.25, 0.3) is 0 Å². The smallest absolute Gasteiger partial charge is 0.270 e. The molecule has 0 saturated carbocycles. The first kappa shape index (κ1) is 19.8. The van der Waals surface area contributed by atoms with Crippen molar-refractivity contribution in [3.05, 3.63) is 59.3 Å². The fourth-order valence-electron chi connectivity index (χ4n) is 3.45. The molecule has 148 valence electrons. The van der Waals surface area contributed by atoms with Gasteiger partial charge in [-0.25, -0.2) is 0 Å². The molecule has 3 unspecified atom stereocenters. The highest BCUT2D eigenvalue weighted by Gasteiger charge is 2.38. The topological polar surface area (TPSA) is 109 Å². The lowest BCUT2D eigenvalue weighted by Crippen LogP contribution is -2.46. The normalized spacial score (nSPS) is 21.9. The number of amides is 1.